The lowest BCUT2D eigenvalue weighted by molar-refractivity contribution is 0.578. The number of nitrogens with zero attached hydrogens (tertiary/aromatic N) is 1. The molecule has 1 atom stereocenters. The number of fused-ring (bicyclic) bond motifs is 1. The highest BCUT2D eigenvalue weighted by Gasteiger charge is 2.08. The fraction of sp³-hybridized carbons (Fsp3) is 0.267. The van der Waals surface area contributed by atoms with Crippen LogP contribution in [0.3, 0.4) is 0 Å². The second-order valence-electron chi connectivity index (χ2n) is 4.39. The van der Waals surface area contributed by atoms with Crippen molar-refractivity contribution in [1.29, 1.82) is 0 Å². The van der Waals surface area contributed by atoms with Gasteiger partial charge >= 0.3 is 0 Å². The Balaban J connectivity index is 2.33. The summed E-state index contributed by atoms with van der Waals surface area (Å²) in [6, 6.07) is 10.6. The molecule has 2 rings (SSSR count). The maximum atomic E-state index is 5.80. The number of benzene rings is 1. The van der Waals surface area contributed by atoms with Crippen molar-refractivity contribution in [3.8, 4) is 0 Å². The molecule has 3 nitrogen and oxygen atoms in total. The molecule has 0 aliphatic carbocycles. The summed E-state index contributed by atoms with van der Waals surface area (Å²) in [7, 11) is 0. The highest BCUT2D eigenvalue weighted by molar-refractivity contribution is 5.79. The third-order valence-corrected chi connectivity index (χ3v) is 3.00. The van der Waals surface area contributed by atoms with Gasteiger partial charge in [-0.05, 0) is 30.7 Å². The Bertz CT molecular complexity index is 548. The number of pyridine rings is 1. The first-order chi connectivity index (χ1) is 8.74. The minimum atomic E-state index is 0.161. The Morgan fingerprint density at radius 2 is 2.22 bits per heavy atom. The number of nitrogens with two attached hydrogens (primary N) is 1. The van der Waals surface area contributed by atoms with Gasteiger partial charge in [0.15, 0.2) is 0 Å². The van der Waals surface area contributed by atoms with Crippen LogP contribution in [0.2, 0.25) is 0 Å². The number of aryl methyl sites for hydroxylation is 1. The summed E-state index contributed by atoms with van der Waals surface area (Å²) in [5.74, 6) is 0. The molecule has 0 radical (unpaired) electrons. The van der Waals surface area contributed by atoms with Gasteiger partial charge in [0, 0.05) is 30.2 Å². The standard InChI is InChI=1S/C15H19N3/c1-3-8-17-15(10-16)13-6-7-14-12(9-13)5-4-11(2)18-14/h3-7,9,15,17H,1,8,10,16H2,2H3. The topological polar surface area (TPSA) is 50.9 Å². The summed E-state index contributed by atoms with van der Waals surface area (Å²) in [5, 5.41) is 4.50. The highest BCUT2D eigenvalue weighted by Crippen LogP contribution is 2.19. The van der Waals surface area contributed by atoms with Crippen LogP contribution in [0.1, 0.15) is 17.3 Å². The van der Waals surface area contributed by atoms with Gasteiger partial charge in [0.2, 0.25) is 0 Å². The van der Waals surface area contributed by atoms with Gasteiger partial charge in [-0.25, -0.2) is 0 Å². The summed E-state index contributed by atoms with van der Waals surface area (Å²) < 4.78 is 0. The molecular weight excluding hydrogens is 222 g/mol. The Labute approximate surface area is 108 Å². The number of rotatable bonds is 5. The van der Waals surface area contributed by atoms with Crippen LogP contribution in [0.5, 0.6) is 0 Å². The van der Waals surface area contributed by atoms with E-state index in [4.69, 9.17) is 5.73 Å². The van der Waals surface area contributed by atoms with Crippen molar-refractivity contribution in [3.05, 3.63) is 54.2 Å². The van der Waals surface area contributed by atoms with E-state index in [-0.39, 0.29) is 6.04 Å². The molecule has 1 aromatic heterocycles. The van der Waals surface area contributed by atoms with E-state index in [1.165, 1.54) is 5.56 Å². The second kappa shape index (κ2) is 5.76. The zero-order valence-corrected chi connectivity index (χ0v) is 10.7. The summed E-state index contributed by atoms with van der Waals surface area (Å²) in [6.07, 6.45) is 1.84. The molecule has 0 saturated heterocycles. The van der Waals surface area contributed by atoms with Gasteiger partial charge in [-0.15, -0.1) is 6.58 Å². The van der Waals surface area contributed by atoms with Gasteiger partial charge in [0.25, 0.3) is 0 Å². The van der Waals surface area contributed by atoms with E-state index < -0.39 is 0 Å². The van der Waals surface area contributed by atoms with E-state index in [1.54, 1.807) is 0 Å². The first-order valence-electron chi connectivity index (χ1n) is 6.16. The molecule has 0 aliphatic heterocycles. The minimum Gasteiger partial charge on any atom is -0.329 e. The Morgan fingerprint density at radius 3 is 2.94 bits per heavy atom. The van der Waals surface area contributed by atoms with Crippen molar-refractivity contribution in [2.24, 2.45) is 5.73 Å². The summed E-state index contributed by atoms with van der Waals surface area (Å²) in [5.41, 5.74) is 9.06. The molecule has 3 heteroatoms. The maximum absolute atomic E-state index is 5.80. The number of nitrogens with one attached hydrogen (secondary N) is 1. The molecule has 1 heterocycles. The zero-order chi connectivity index (χ0) is 13.0. The molecule has 3 N–H and O–H groups in total. The highest BCUT2D eigenvalue weighted by atomic mass is 14.9. The van der Waals surface area contributed by atoms with Crippen LogP contribution in [0, 0.1) is 6.92 Å². The number of hydrogen-bond acceptors (Lipinski definition) is 3. The lowest BCUT2D eigenvalue weighted by Crippen LogP contribution is -2.28. The monoisotopic (exact) mass is 241 g/mol. The Kier molecular flexibility index (Phi) is 4.07. The lowest BCUT2D eigenvalue weighted by atomic mass is 10.0. The summed E-state index contributed by atoms with van der Waals surface area (Å²) in [6.45, 7) is 7.03. The summed E-state index contributed by atoms with van der Waals surface area (Å²) >= 11 is 0. The molecule has 0 bridgehead atoms. The van der Waals surface area contributed by atoms with Crippen molar-refractivity contribution in [3.63, 3.8) is 0 Å². The van der Waals surface area contributed by atoms with E-state index in [2.05, 4.69) is 41.1 Å². The summed E-state index contributed by atoms with van der Waals surface area (Å²) in [4.78, 5) is 4.50. The average Bonchev–Trinajstić information content (AvgIpc) is 2.39. The van der Waals surface area contributed by atoms with Crippen molar-refractivity contribution >= 4 is 10.9 Å². The second-order valence-corrected chi connectivity index (χ2v) is 4.39. The SMILES string of the molecule is C=CCNC(CN)c1ccc2nc(C)ccc2c1. The van der Waals surface area contributed by atoms with Crippen LogP contribution in [-0.4, -0.2) is 18.1 Å². The first-order valence-corrected chi connectivity index (χ1v) is 6.16. The molecule has 18 heavy (non-hydrogen) atoms. The van der Waals surface area contributed by atoms with Crippen LogP contribution in [0.4, 0.5) is 0 Å². The predicted molar refractivity (Wildman–Crippen MR) is 76.5 cm³/mol. The van der Waals surface area contributed by atoms with E-state index in [9.17, 15) is 0 Å². The van der Waals surface area contributed by atoms with Gasteiger partial charge in [-0.2, -0.15) is 0 Å². The van der Waals surface area contributed by atoms with Gasteiger partial charge in [0.1, 0.15) is 0 Å². The van der Waals surface area contributed by atoms with Gasteiger partial charge < -0.3 is 11.1 Å². The third kappa shape index (κ3) is 2.75. The van der Waals surface area contributed by atoms with Crippen molar-refractivity contribution in [2.75, 3.05) is 13.1 Å². The number of hydrogen-bond donors (Lipinski definition) is 2. The molecule has 0 amide bonds. The van der Waals surface area contributed by atoms with E-state index in [0.717, 1.165) is 23.1 Å². The van der Waals surface area contributed by atoms with Crippen molar-refractivity contribution in [1.82, 2.24) is 10.3 Å². The van der Waals surface area contributed by atoms with Crippen LogP contribution in [0.25, 0.3) is 10.9 Å². The number of aromatic nitrogens is 1. The Hall–Kier alpha value is -1.71. The van der Waals surface area contributed by atoms with Crippen LogP contribution < -0.4 is 11.1 Å². The molecule has 0 spiro atoms. The van der Waals surface area contributed by atoms with E-state index in [0.29, 0.717) is 6.54 Å². The van der Waals surface area contributed by atoms with Gasteiger partial charge in [-0.1, -0.05) is 18.2 Å². The lowest BCUT2D eigenvalue weighted by Gasteiger charge is -2.16. The van der Waals surface area contributed by atoms with Crippen LogP contribution in [-0.2, 0) is 0 Å². The Morgan fingerprint density at radius 1 is 1.39 bits per heavy atom. The average molecular weight is 241 g/mol. The van der Waals surface area contributed by atoms with E-state index >= 15 is 0 Å². The van der Waals surface area contributed by atoms with Gasteiger partial charge in [-0.3, -0.25) is 4.98 Å². The smallest absolute Gasteiger partial charge is 0.0705 e. The molecule has 0 fully saturated rings. The van der Waals surface area contributed by atoms with Crippen LogP contribution in [0.15, 0.2) is 43.0 Å². The first kappa shape index (κ1) is 12.7. The molecular formula is C15H19N3. The van der Waals surface area contributed by atoms with Crippen molar-refractivity contribution < 1.29 is 0 Å². The molecule has 1 aromatic carbocycles. The predicted octanol–water partition coefficient (Wildman–Crippen LogP) is 2.32. The quantitative estimate of drug-likeness (QED) is 0.790. The zero-order valence-electron chi connectivity index (χ0n) is 10.7. The fourth-order valence-electron chi connectivity index (χ4n) is 2.03. The minimum absolute atomic E-state index is 0.161. The molecule has 94 valence electrons. The maximum Gasteiger partial charge on any atom is 0.0705 e. The van der Waals surface area contributed by atoms with Crippen LogP contribution >= 0.6 is 0 Å². The molecule has 1 unspecified atom stereocenters. The van der Waals surface area contributed by atoms with Gasteiger partial charge in [0.05, 0.1) is 5.52 Å². The third-order valence-electron chi connectivity index (χ3n) is 3.00. The van der Waals surface area contributed by atoms with E-state index in [1.807, 2.05) is 19.1 Å². The largest absolute Gasteiger partial charge is 0.329 e. The molecule has 0 saturated carbocycles. The fourth-order valence-corrected chi connectivity index (χ4v) is 2.03. The molecule has 2 aromatic rings. The molecule has 0 aliphatic rings. The normalized spacial score (nSPS) is 12.6. The van der Waals surface area contributed by atoms with Crippen molar-refractivity contribution in [2.45, 2.75) is 13.0 Å².